The zero-order valence-corrected chi connectivity index (χ0v) is 21.0. The van der Waals surface area contributed by atoms with Crippen LogP contribution in [0.3, 0.4) is 0 Å². The molecule has 1 saturated heterocycles. The van der Waals surface area contributed by atoms with Gasteiger partial charge in [-0.1, -0.05) is 19.1 Å². The number of nitrogens with one attached hydrogen (secondary N) is 1. The Hall–Kier alpha value is -3.83. The molecular weight excluding hydrogens is 480 g/mol. The number of carbonyl (C=O) groups is 2. The summed E-state index contributed by atoms with van der Waals surface area (Å²) in [4.78, 5) is 36.0. The first-order chi connectivity index (χ1) is 17.3. The standard InChI is InChI=1S/C25H28N6O4S/c1-3-29(2)36(34,35)22-10-6-19(7-11-22)23-12-13-26-25(28-23)27-21-8-4-20(5-9-21)24(33)31-16-14-30(18-32)15-17-31/h4-13,18H,3,14-17H2,1-2H3,(H,26,27,28). The van der Waals surface area contributed by atoms with Gasteiger partial charge in [0.1, 0.15) is 0 Å². The van der Waals surface area contributed by atoms with Crippen molar-refractivity contribution >= 4 is 34.0 Å². The molecule has 1 aliphatic heterocycles. The van der Waals surface area contributed by atoms with Gasteiger partial charge in [0.25, 0.3) is 5.91 Å². The number of piperazine rings is 1. The van der Waals surface area contributed by atoms with E-state index in [1.165, 1.54) is 4.31 Å². The van der Waals surface area contributed by atoms with Crippen molar-refractivity contribution in [3.05, 3.63) is 66.4 Å². The lowest BCUT2D eigenvalue weighted by Gasteiger charge is -2.32. The number of rotatable bonds is 8. The molecule has 10 nitrogen and oxygen atoms in total. The van der Waals surface area contributed by atoms with Crippen LogP contribution < -0.4 is 5.32 Å². The fourth-order valence-corrected chi connectivity index (χ4v) is 4.95. The Balaban J connectivity index is 1.43. The van der Waals surface area contributed by atoms with Crippen molar-refractivity contribution in [2.45, 2.75) is 11.8 Å². The first-order valence-electron chi connectivity index (χ1n) is 11.6. The molecule has 0 bridgehead atoms. The van der Waals surface area contributed by atoms with E-state index in [0.717, 1.165) is 17.7 Å². The minimum atomic E-state index is -3.51. The van der Waals surface area contributed by atoms with Gasteiger partial charge in [-0.2, -0.15) is 0 Å². The Morgan fingerprint density at radius 3 is 2.31 bits per heavy atom. The zero-order valence-electron chi connectivity index (χ0n) is 20.2. The number of hydrogen-bond donors (Lipinski definition) is 1. The van der Waals surface area contributed by atoms with E-state index >= 15 is 0 Å². The zero-order chi connectivity index (χ0) is 25.7. The highest BCUT2D eigenvalue weighted by Crippen LogP contribution is 2.23. The van der Waals surface area contributed by atoms with Crippen molar-refractivity contribution < 1.29 is 18.0 Å². The fourth-order valence-electron chi connectivity index (χ4n) is 3.77. The molecule has 2 amide bonds. The predicted octanol–water partition coefficient (Wildman–Crippen LogP) is 2.44. The van der Waals surface area contributed by atoms with Crippen LogP contribution in [0.15, 0.2) is 65.7 Å². The normalized spacial score (nSPS) is 14.1. The summed E-state index contributed by atoms with van der Waals surface area (Å²) >= 11 is 0. The van der Waals surface area contributed by atoms with Crippen LogP contribution in [0.4, 0.5) is 11.6 Å². The minimum Gasteiger partial charge on any atom is -0.342 e. The summed E-state index contributed by atoms with van der Waals surface area (Å²) in [5.41, 5.74) is 2.69. The van der Waals surface area contributed by atoms with E-state index < -0.39 is 10.0 Å². The van der Waals surface area contributed by atoms with Crippen LogP contribution in [0.1, 0.15) is 17.3 Å². The molecule has 1 N–H and O–H groups in total. The van der Waals surface area contributed by atoms with Crippen LogP contribution in [-0.4, -0.2) is 84.6 Å². The van der Waals surface area contributed by atoms with Gasteiger partial charge in [-0.05, 0) is 42.5 Å². The van der Waals surface area contributed by atoms with Gasteiger partial charge in [-0.3, -0.25) is 9.59 Å². The third-order valence-corrected chi connectivity index (χ3v) is 8.04. The van der Waals surface area contributed by atoms with E-state index in [-0.39, 0.29) is 10.8 Å². The number of amides is 2. The molecule has 4 rings (SSSR count). The topological polar surface area (TPSA) is 116 Å². The van der Waals surface area contributed by atoms with Gasteiger partial charge >= 0.3 is 0 Å². The number of aromatic nitrogens is 2. The number of sulfonamides is 1. The molecule has 1 aliphatic rings. The van der Waals surface area contributed by atoms with Gasteiger partial charge in [0.05, 0.1) is 10.6 Å². The Morgan fingerprint density at radius 2 is 1.69 bits per heavy atom. The number of hydrogen-bond acceptors (Lipinski definition) is 7. The highest BCUT2D eigenvalue weighted by atomic mass is 32.2. The highest BCUT2D eigenvalue weighted by molar-refractivity contribution is 7.89. The molecule has 0 atom stereocenters. The molecule has 3 aromatic rings. The SMILES string of the molecule is CCN(C)S(=O)(=O)c1ccc(-c2ccnc(Nc3ccc(C(=O)N4CCN(C=O)CC4)cc3)n2)cc1. The second-order valence-electron chi connectivity index (χ2n) is 8.34. The molecule has 0 unspecified atom stereocenters. The van der Waals surface area contributed by atoms with E-state index in [1.807, 2.05) is 0 Å². The second-order valence-corrected chi connectivity index (χ2v) is 10.4. The quantitative estimate of drug-likeness (QED) is 0.465. The summed E-state index contributed by atoms with van der Waals surface area (Å²) in [5.74, 6) is 0.305. The van der Waals surface area contributed by atoms with Crippen LogP contribution in [0.5, 0.6) is 0 Å². The Bertz CT molecular complexity index is 1320. The summed E-state index contributed by atoms with van der Waals surface area (Å²) in [7, 11) is -1.97. The average molecular weight is 509 g/mol. The molecule has 0 radical (unpaired) electrons. The molecule has 0 saturated carbocycles. The predicted molar refractivity (Wildman–Crippen MR) is 136 cm³/mol. The molecule has 1 fully saturated rings. The third-order valence-electron chi connectivity index (χ3n) is 6.10. The first-order valence-corrected chi connectivity index (χ1v) is 13.0. The smallest absolute Gasteiger partial charge is 0.253 e. The molecular formula is C25H28N6O4S. The molecule has 1 aromatic heterocycles. The van der Waals surface area contributed by atoms with Gasteiger partial charge in [0.2, 0.25) is 22.4 Å². The number of anilines is 2. The molecule has 188 valence electrons. The van der Waals surface area contributed by atoms with Crippen molar-refractivity contribution in [3.63, 3.8) is 0 Å². The van der Waals surface area contributed by atoms with Crippen LogP contribution >= 0.6 is 0 Å². The number of benzene rings is 2. The van der Waals surface area contributed by atoms with Crippen molar-refractivity contribution in [1.29, 1.82) is 0 Å². The summed E-state index contributed by atoms with van der Waals surface area (Å²) in [6, 6.07) is 15.4. The minimum absolute atomic E-state index is 0.0686. The van der Waals surface area contributed by atoms with Crippen molar-refractivity contribution in [3.8, 4) is 11.3 Å². The summed E-state index contributed by atoms with van der Waals surface area (Å²) in [6.07, 6.45) is 2.43. The fraction of sp³-hybridized carbons (Fsp3) is 0.280. The lowest BCUT2D eigenvalue weighted by Crippen LogP contribution is -2.48. The van der Waals surface area contributed by atoms with Gasteiger partial charge in [-0.15, -0.1) is 0 Å². The maximum Gasteiger partial charge on any atom is 0.253 e. The van der Waals surface area contributed by atoms with Gasteiger partial charge in [-0.25, -0.2) is 22.7 Å². The van der Waals surface area contributed by atoms with Crippen LogP contribution in [0.25, 0.3) is 11.3 Å². The second kappa shape index (κ2) is 10.8. The van der Waals surface area contributed by atoms with Crippen LogP contribution in [-0.2, 0) is 14.8 Å². The molecule has 2 aromatic carbocycles. The van der Waals surface area contributed by atoms with Gasteiger partial charge in [0, 0.05) is 62.8 Å². The van der Waals surface area contributed by atoms with E-state index in [9.17, 15) is 18.0 Å². The summed E-state index contributed by atoms with van der Waals surface area (Å²) in [5, 5.41) is 3.14. The highest BCUT2D eigenvalue weighted by Gasteiger charge is 2.21. The molecule has 36 heavy (non-hydrogen) atoms. The molecule has 2 heterocycles. The van der Waals surface area contributed by atoms with Gasteiger partial charge < -0.3 is 15.1 Å². The van der Waals surface area contributed by atoms with Gasteiger partial charge in [0.15, 0.2) is 0 Å². The van der Waals surface area contributed by atoms with Crippen molar-refractivity contribution in [2.24, 2.45) is 0 Å². The molecule has 11 heteroatoms. The summed E-state index contributed by atoms with van der Waals surface area (Å²) < 4.78 is 26.3. The maximum atomic E-state index is 12.7. The molecule has 0 aliphatic carbocycles. The third kappa shape index (κ3) is 5.52. The monoisotopic (exact) mass is 508 g/mol. The van der Waals surface area contributed by atoms with E-state index in [1.54, 1.807) is 84.6 Å². The Morgan fingerprint density at radius 1 is 1.03 bits per heavy atom. The van der Waals surface area contributed by atoms with Crippen molar-refractivity contribution in [2.75, 3.05) is 45.1 Å². The molecule has 0 spiro atoms. The average Bonchev–Trinajstić information content (AvgIpc) is 2.93. The number of carbonyl (C=O) groups excluding carboxylic acids is 2. The van der Waals surface area contributed by atoms with E-state index in [0.29, 0.717) is 49.9 Å². The number of nitrogens with zero attached hydrogens (tertiary/aromatic N) is 5. The van der Waals surface area contributed by atoms with E-state index in [2.05, 4.69) is 15.3 Å². The van der Waals surface area contributed by atoms with Crippen LogP contribution in [0, 0.1) is 0 Å². The first kappa shape index (κ1) is 25.3. The lowest BCUT2D eigenvalue weighted by molar-refractivity contribution is -0.119. The van der Waals surface area contributed by atoms with Crippen LogP contribution in [0.2, 0.25) is 0 Å². The Kier molecular flexibility index (Phi) is 7.61. The lowest BCUT2D eigenvalue weighted by atomic mass is 10.1. The van der Waals surface area contributed by atoms with E-state index in [4.69, 9.17) is 0 Å². The summed E-state index contributed by atoms with van der Waals surface area (Å²) in [6.45, 7) is 4.28. The maximum absolute atomic E-state index is 12.7. The Labute approximate surface area is 210 Å². The largest absolute Gasteiger partial charge is 0.342 e. The van der Waals surface area contributed by atoms with Crippen molar-refractivity contribution in [1.82, 2.24) is 24.1 Å².